The summed E-state index contributed by atoms with van der Waals surface area (Å²) < 4.78 is 28.5. The van der Waals surface area contributed by atoms with Gasteiger partial charge in [-0.15, -0.1) is 0 Å². The van der Waals surface area contributed by atoms with Gasteiger partial charge in [0.15, 0.2) is 0 Å². The molecule has 1 aliphatic heterocycles. The first kappa shape index (κ1) is 19.6. The lowest BCUT2D eigenvalue weighted by atomic mass is 10.2. The number of rotatable bonds is 5. The number of nitrogens with one attached hydrogen (secondary N) is 1. The van der Waals surface area contributed by atoms with E-state index in [1.165, 1.54) is 33.8 Å². The molecule has 1 fully saturated rings. The van der Waals surface area contributed by atoms with Crippen LogP contribution in [0.5, 0.6) is 0 Å². The minimum Gasteiger partial charge on any atom is -0.320 e. The number of sulfonamides is 1. The number of benzene rings is 2. The van der Waals surface area contributed by atoms with Gasteiger partial charge in [-0.1, -0.05) is 17.7 Å². The quantitative estimate of drug-likeness (QED) is 0.669. The van der Waals surface area contributed by atoms with Gasteiger partial charge in [0.1, 0.15) is 12.7 Å². The van der Waals surface area contributed by atoms with Gasteiger partial charge in [0.2, 0.25) is 10.0 Å². The zero-order chi connectivity index (χ0) is 20.4. The summed E-state index contributed by atoms with van der Waals surface area (Å²) in [5.41, 5.74) is 1.25. The number of carbonyl (C=O) groups excluding carboxylic acids is 1. The first-order chi connectivity index (χ1) is 13.9. The SMILES string of the molecule is O=C(Nc1cc(Cl)ccc1-n1cncn1)c1cccc(S(=O)(=O)N2CCCC2)c1. The van der Waals surface area contributed by atoms with Crippen molar-refractivity contribution in [3.63, 3.8) is 0 Å². The fourth-order valence-corrected chi connectivity index (χ4v) is 4.95. The summed E-state index contributed by atoms with van der Waals surface area (Å²) in [6.45, 7) is 1.01. The first-order valence-corrected chi connectivity index (χ1v) is 10.8. The Labute approximate surface area is 173 Å². The molecule has 4 rings (SSSR count). The van der Waals surface area contributed by atoms with Crippen LogP contribution in [0.3, 0.4) is 0 Å². The number of carbonyl (C=O) groups is 1. The van der Waals surface area contributed by atoms with Crippen LogP contribution < -0.4 is 5.32 Å². The second kappa shape index (κ2) is 7.94. The fourth-order valence-electron chi connectivity index (χ4n) is 3.21. The summed E-state index contributed by atoms with van der Waals surface area (Å²) in [7, 11) is -3.61. The van der Waals surface area contributed by atoms with Crippen LogP contribution in [0.25, 0.3) is 5.69 Å². The molecule has 10 heteroatoms. The third kappa shape index (κ3) is 4.02. The minimum absolute atomic E-state index is 0.106. The van der Waals surface area contributed by atoms with Crippen molar-refractivity contribution in [2.24, 2.45) is 0 Å². The van der Waals surface area contributed by atoms with Crippen LogP contribution in [0.15, 0.2) is 60.0 Å². The standard InChI is InChI=1S/C19H18ClN5O3S/c20-15-6-7-18(25-13-21-12-22-25)17(11-15)23-19(26)14-4-3-5-16(10-14)29(27,28)24-8-1-2-9-24/h3-7,10-13H,1-2,8-9H2,(H,23,26). The lowest BCUT2D eigenvalue weighted by molar-refractivity contribution is 0.102. The highest BCUT2D eigenvalue weighted by atomic mass is 35.5. The molecule has 2 aromatic carbocycles. The Balaban J connectivity index is 1.63. The third-order valence-corrected chi connectivity index (χ3v) is 6.80. The van der Waals surface area contributed by atoms with Crippen LogP contribution in [0.1, 0.15) is 23.2 Å². The number of hydrogen-bond acceptors (Lipinski definition) is 5. The molecule has 0 spiro atoms. The van der Waals surface area contributed by atoms with E-state index in [0.717, 1.165) is 12.8 Å². The van der Waals surface area contributed by atoms with Crippen molar-refractivity contribution in [2.75, 3.05) is 18.4 Å². The van der Waals surface area contributed by atoms with E-state index in [4.69, 9.17) is 11.6 Å². The molecule has 29 heavy (non-hydrogen) atoms. The van der Waals surface area contributed by atoms with E-state index in [2.05, 4.69) is 15.4 Å². The van der Waals surface area contributed by atoms with Crippen molar-refractivity contribution in [1.29, 1.82) is 0 Å². The van der Waals surface area contributed by atoms with Crippen LogP contribution in [-0.2, 0) is 10.0 Å². The molecule has 1 saturated heterocycles. The predicted molar refractivity (Wildman–Crippen MR) is 109 cm³/mol. The normalized spacial score (nSPS) is 14.8. The smallest absolute Gasteiger partial charge is 0.255 e. The van der Waals surface area contributed by atoms with Crippen LogP contribution in [0, 0.1) is 0 Å². The Hall–Kier alpha value is -2.75. The van der Waals surface area contributed by atoms with Gasteiger partial charge in [0.05, 0.1) is 16.3 Å². The lowest BCUT2D eigenvalue weighted by Gasteiger charge is -2.16. The average Bonchev–Trinajstić information content (AvgIpc) is 3.42. The highest BCUT2D eigenvalue weighted by molar-refractivity contribution is 7.89. The summed E-state index contributed by atoms with van der Waals surface area (Å²) in [5, 5.41) is 7.30. The average molecular weight is 432 g/mol. The summed E-state index contributed by atoms with van der Waals surface area (Å²) >= 11 is 6.08. The Morgan fingerprint density at radius 3 is 2.62 bits per heavy atom. The maximum Gasteiger partial charge on any atom is 0.255 e. The number of hydrogen-bond donors (Lipinski definition) is 1. The van der Waals surface area contributed by atoms with Gasteiger partial charge >= 0.3 is 0 Å². The first-order valence-electron chi connectivity index (χ1n) is 9.01. The van der Waals surface area contributed by atoms with Crippen molar-refractivity contribution in [3.05, 3.63) is 65.7 Å². The van der Waals surface area contributed by atoms with E-state index in [0.29, 0.717) is 29.5 Å². The number of nitrogens with zero attached hydrogens (tertiary/aromatic N) is 4. The summed E-state index contributed by atoms with van der Waals surface area (Å²) in [6.07, 6.45) is 4.58. The largest absolute Gasteiger partial charge is 0.320 e. The molecule has 0 aliphatic carbocycles. The summed E-state index contributed by atoms with van der Waals surface area (Å²) in [6, 6.07) is 11.0. The van der Waals surface area contributed by atoms with Gasteiger partial charge in [0, 0.05) is 23.7 Å². The lowest BCUT2D eigenvalue weighted by Crippen LogP contribution is -2.28. The van der Waals surface area contributed by atoms with E-state index in [1.807, 2.05) is 0 Å². The van der Waals surface area contributed by atoms with Gasteiger partial charge < -0.3 is 5.32 Å². The highest BCUT2D eigenvalue weighted by Gasteiger charge is 2.27. The molecular weight excluding hydrogens is 414 g/mol. The van der Waals surface area contributed by atoms with Crippen molar-refractivity contribution >= 4 is 33.2 Å². The molecule has 0 atom stereocenters. The molecule has 0 radical (unpaired) electrons. The molecule has 8 nitrogen and oxygen atoms in total. The van der Waals surface area contributed by atoms with Gasteiger partial charge in [-0.2, -0.15) is 9.40 Å². The molecular formula is C19H18ClN5O3S. The van der Waals surface area contributed by atoms with Gasteiger partial charge in [-0.05, 0) is 49.2 Å². The molecule has 1 aliphatic rings. The minimum atomic E-state index is -3.61. The van der Waals surface area contributed by atoms with Crippen LogP contribution in [-0.4, -0.2) is 46.5 Å². The predicted octanol–water partition coefficient (Wildman–Crippen LogP) is 2.96. The maximum absolute atomic E-state index is 12.8. The molecule has 150 valence electrons. The molecule has 0 unspecified atom stereocenters. The molecule has 1 aromatic heterocycles. The van der Waals surface area contributed by atoms with Crippen LogP contribution >= 0.6 is 11.6 Å². The maximum atomic E-state index is 12.8. The van der Waals surface area contributed by atoms with Crippen molar-refractivity contribution in [3.8, 4) is 5.69 Å². The third-order valence-electron chi connectivity index (χ3n) is 4.67. The second-order valence-corrected chi connectivity index (χ2v) is 8.97. The fraction of sp³-hybridized carbons (Fsp3) is 0.211. The number of amides is 1. The van der Waals surface area contributed by atoms with E-state index >= 15 is 0 Å². The Bertz CT molecular complexity index is 1140. The number of halogens is 1. The van der Waals surface area contributed by atoms with Gasteiger partial charge in [-0.3, -0.25) is 4.79 Å². The van der Waals surface area contributed by atoms with Gasteiger partial charge in [0.25, 0.3) is 5.91 Å². The highest BCUT2D eigenvalue weighted by Crippen LogP contribution is 2.26. The Kier molecular flexibility index (Phi) is 5.35. The van der Waals surface area contributed by atoms with E-state index in [-0.39, 0.29) is 10.5 Å². The Morgan fingerprint density at radius 2 is 1.90 bits per heavy atom. The Morgan fingerprint density at radius 1 is 1.10 bits per heavy atom. The zero-order valence-electron chi connectivity index (χ0n) is 15.3. The number of aromatic nitrogens is 3. The van der Waals surface area contributed by atoms with E-state index in [9.17, 15) is 13.2 Å². The zero-order valence-corrected chi connectivity index (χ0v) is 16.9. The van der Waals surface area contributed by atoms with E-state index in [1.54, 1.807) is 30.3 Å². The second-order valence-electron chi connectivity index (χ2n) is 6.59. The molecule has 0 bridgehead atoms. The monoisotopic (exact) mass is 431 g/mol. The van der Waals surface area contributed by atoms with Crippen LogP contribution in [0.2, 0.25) is 5.02 Å². The van der Waals surface area contributed by atoms with Crippen molar-refractivity contribution < 1.29 is 13.2 Å². The van der Waals surface area contributed by atoms with Gasteiger partial charge in [-0.25, -0.2) is 18.1 Å². The van der Waals surface area contributed by atoms with Crippen LogP contribution in [0.4, 0.5) is 5.69 Å². The molecule has 1 N–H and O–H groups in total. The van der Waals surface area contributed by atoms with E-state index < -0.39 is 15.9 Å². The molecule has 0 saturated carbocycles. The van der Waals surface area contributed by atoms with Crippen molar-refractivity contribution in [2.45, 2.75) is 17.7 Å². The van der Waals surface area contributed by atoms with Crippen molar-refractivity contribution in [1.82, 2.24) is 19.1 Å². The summed E-state index contributed by atoms with van der Waals surface area (Å²) in [4.78, 5) is 16.9. The number of anilines is 1. The topological polar surface area (TPSA) is 97.2 Å². The molecule has 3 aromatic rings. The molecule has 1 amide bonds. The summed E-state index contributed by atoms with van der Waals surface area (Å²) in [5.74, 6) is -0.452. The molecule has 2 heterocycles.